The van der Waals surface area contributed by atoms with Gasteiger partial charge < -0.3 is 9.84 Å². The fourth-order valence-corrected chi connectivity index (χ4v) is 5.32. The maximum Gasteiger partial charge on any atom is 0.340 e. The van der Waals surface area contributed by atoms with Crippen LogP contribution in [0.2, 0.25) is 0 Å². The first-order valence-corrected chi connectivity index (χ1v) is 13.1. The molecule has 5 rings (SSSR count). The molecule has 2 aromatic carbocycles. The molecule has 1 aliphatic carbocycles. The average Bonchev–Trinajstić information content (AvgIpc) is 3.63. The molecule has 0 spiro atoms. The molecule has 2 heterocycles. The predicted molar refractivity (Wildman–Crippen MR) is 134 cm³/mol. The van der Waals surface area contributed by atoms with Crippen molar-refractivity contribution in [3.05, 3.63) is 83.3 Å². The molecule has 186 valence electrons. The zero-order chi connectivity index (χ0) is 25.4. The molecule has 4 aromatic rings. The summed E-state index contributed by atoms with van der Waals surface area (Å²) in [5.74, 6) is -0.898. The number of anilines is 1. The Labute approximate surface area is 207 Å². The minimum absolute atomic E-state index is 0.0163. The van der Waals surface area contributed by atoms with Crippen molar-refractivity contribution in [2.45, 2.75) is 25.2 Å². The fraction of sp³-hybridized carbons (Fsp3) is 0.231. The van der Waals surface area contributed by atoms with E-state index in [1.54, 1.807) is 25.3 Å². The summed E-state index contributed by atoms with van der Waals surface area (Å²) in [7, 11) is -2.13. The number of halogens is 1. The van der Waals surface area contributed by atoms with Gasteiger partial charge in [0.05, 0.1) is 30.3 Å². The summed E-state index contributed by atoms with van der Waals surface area (Å²) in [5, 5.41) is 14.4. The molecule has 8 nitrogen and oxygen atoms in total. The highest BCUT2D eigenvalue weighted by molar-refractivity contribution is 7.92. The Hall–Kier alpha value is -3.92. The summed E-state index contributed by atoms with van der Waals surface area (Å²) in [6.45, 7) is 0. The van der Waals surface area contributed by atoms with Crippen LogP contribution in [0.1, 0.15) is 40.2 Å². The molecule has 2 aromatic heterocycles. The van der Waals surface area contributed by atoms with E-state index in [1.807, 2.05) is 12.1 Å². The number of carbonyl (C=O) groups is 1. The lowest BCUT2D eigenvalue weighted by Crippen LogP contribution is -2.19. The molecule has 10 heteroatoms. The Morgan fingerprint density at radius 3 is 2.47 bits per heavy atom. The van der Waals surface area contributed by atoms with E-state index in [0.717, 1.165) is 24.0 Å². The van der Waals surface area contributed by atoms with Gasteiger partial charge in [-0.1, -0.05) is 12.1 Å². The molecule has 0 radical (unpaired) electrons. The first-order chi connectivity index (χ1) is 17.2. The van der Waals surface area contributed by atoms with Gasteiger partial charge >= 0.3 is 5.97 Å². The van der Waals surface area contributed by atoms with Gasteiger partial charge in [0.25, 0.3) is 0 Å². The van der Waals surface area contributed by atoms with Crippen molar-refractivity contribution in [1.82, 2.24) is 9.61 Å². The second-order valence-corrected chi connectivity index (χ2v) is 10.6. The highest BCUT2D eigenvalue weighted by atomic mass is 32.2. The molecule has 1 fully saturated rings. The van der Waals surface area contributed by atoms with Gasteiger partial charge in [-0.05, 0) is 78.8 Å². The summed E-state index contributed by atoms with van der Waals surface area (Å²) < 4.78 is 48.5. The van der Waals surface area contributed by atoms with Crippen LogP contribution < -0.4 is 9.46 Å². The summed E-state index contributed by atoms with van der Waals surface area (Å²) >= 11 is 0. The lowest BCUT2D eigenvalue weighted by Gasteiger charge is -2.13. The third-order valence-electron chi connectivity index (χ3n) is 6.23. The number of pyridine rings is 1. The maximum absolute atomic E-state index is 13.4. The SMILES string of the molecule is COc1ccc(CCS(=O)(=O)Nc2cn3nc(-c4ccc(F)cc4)c(C(=O)O)c3cc2C2CC2)cc1. The number of hydrogen-bond acceptors (Lipinski definition) is 5. The largest absolute Gasteiger partial charge is 0.497 e. The van der Waals surface area contributed by atoms with Gasteiger partial charge in [0.2, 0.25) is 10.0 Å². The number of ether oxygens (including phenoxy) is 1. The number of fused-ring (bicyclic) bond motifs is 1. The van der Waals surface area contributed by atoms with Crippen LogP contribution in [-0.2, 0) is 16.4 Å². The Morgan fingerprint density at radius 1 is 1.17 bits per heavy atom. The number of aromatic carboxylic acids is 1. The first-order valence-electron chi connectivity index (χ1n) is 11.4. The second-order valence-electron chi connectivity index (χ2n) is 8.80. The Balaban J connectivity index is 1.49. The molecule has 36 heavy (non-hydrogen) atoms. The number of aryl methyl sites for hydroxylation is 1. The molecule has 0 amide bonds. The lowest BCUT2D eigenvalue weighted by atomic mass is 10.0. The van der Waals surface area contributed by atoms with Gasteiger partial charge in [0.15, 0.2) is 0 Å². The van der Waals surface area contributed by atoms with E-state index in [0.29, 0.717) is 28.9 Å². The number of methoxy groups -OCH3 is 1. The molecule has 0 unspecified atom stereocenters. The van der Waals surface area contributed by atoms with Crippen molar-refractivity contribution < 1.29 is 27.4 Å². The quantitative estimate of drug-likeness (QED) is 0.338. The van der Waals surface area contributed by atoms with Crippen molar-refractivity contribution in [3.8, 4) is 17.0 Å². The number of sulfonamides is 1. The summed E-state index contributed by atoms with van der Waals surface area (Å²) in [4.78, 5) is 12.2. The normalized spacial score (nSPS) is 13.6. The van der Waals surface area contributed by atoms with Crippen molar-refractivity contribution in [2.75, 3.05) is 17.6 Å². The average molecular weight is 510 g/mol. The smallest absolute Gasteiger partial charge is 0.340 e. The number of aromatic nitrogens is 2. The summed E-state index contributed by atoms with van der Waals surface area (Å²) in [6, 6.07) is 14.3. The molecular weight excluding hydrogens is 485 g/mol. The maximum atomic E-state index is 13.4. The highest BCUT2D eigenvalue weighted by Crippen LogP contribution is 2.45. The van der Waals surface area contributed by atoms with Gasteiger partial charge in [0, 0.05) is 5.56 Å². The fourth-order valence-electron chi connectivity index (χ4n) is 4.21. The third kappa shape index (κ3) is 4.90. The number of carboxylic acids is 1. The zero-order valence-corrected chi connectivity index (χ0v) is 20.3. The topological polar surface area (TPSA) is 110 Å². The van der Waals surface area contributed by atoms with E-state index in [4.69, 9.17) is 4.74 Å². The summed E-state index contributed by atoms with van der Waals surface area (Å²) in [5.41, 5.74) is 2.95. The standard InChI is InChI=1S/C26H24FN3O5S/c1-35-20-10-2-16(3-11-20)12-13-36(33,34)29-22-15-30-23(14-21(22)17-4-5-17)24(26(31)32)25(28-30)18-6-8-19(27)9-7-18/h2-3,6-11,14-15,17,29H,4-5,12-13H2,1H3,(H,31,32). The zero-order valence-electron chi connectivity index (χ0n) is 19.4. The van der Waals surface area contributed by atoms with Gasteiger partial charge in [-0.15, -0.1) is 0 Å². The number of rotatable bonds is 9. The Morgan fingerprint density at radius 2 is 1.86 bits per heavy atom. The van der Waals surface area contributed by atoms with Crippen molar-refractivity contribution in [1.29, 1.82) is 0 Å². The molecule has 2 N–H and O–H groups in total. The van der Waals surface area contributed by atoms with Crippen LogP contribution in [0.4, 0.5) is 10.1 Å². The number of carboxylic acid groups (broad SMARTS) is 1. The lowest BCUT2D eigenvalue weighted by molar-refractivity contribution is 0.0699. The van der Waals surface area contributed by atoms with E-state index in [9.17, 15) is 22.7 Å². The van der Waals surface area contributed by atoms with Crippen LogP contribution in [0.25, 0.3) is 16.8 Å². The van der Waals surface area contributed by atoms with Crippen molar-refractivity contribution in [2.24, 2.45) is 0 Å². The van der Waals surface area contributed by atoms with Crippen LogP contribution in [0.15, 0.2) is 60.8 Å². The van der Waals surface area contributed by atoms with Crippen LogP contribution in [-0.4, -0.2) is 42.0 Å². The van der Waals surface area contributed by atoms with Gasteiger partial charge in [-0.3, -0.25) is 4.72 Å². The third-order valence-corrected chi connectivity index (χ3v) is 7.51. The van der Waals surface area contributed by atoms with E-state index >= 15 is 0 Å². The Bertz CT molecular complexity index is 1540. The summed E-state index contributed by atoms with van der Waals surface area (Å²) in [6.07, 6.45) is 3.61. The molecule has 1 aliphatic rings. The van der Waals surface area contributed by atoms with Gasteiger partial charge in [-0.2, -0.15) is 5.10 Å². The highest BCUT2D eigenvalue weighted by Gasteiger charge is 2.30. The van der Waals surface area contributed by atoms with E-state index in [1.165, 1.54) is 35.0 Å². The molecule has 0 saturated heterocycles. The molecule has 0 aliphatic heterocycles. The van der Waals surface area contributed by atoms with Gasteiger partial charge in [-0.25, -0.2) is 22.1 Å². The number of hydrogen-bond donors (Lipinski definition) is 2. The first kappa shape index (κ1) is 23.8. The minimum Gasteiger partial charge on any atom is -0.497 e. The second kappa shape index (κ2) is 9.27. The monoisotopic (exact) mass is 509 g/mol. The van der Waals surface area contributed by atoms with Crippen LogP contribution in [0, 0.1) is 5.82 Å². The number of nitrogens with zero attached hydrogens (tertiary/aromatic N) is 2. The minimum atomic E-state index is -3.70. The van der Waals surface area contributed by atoms with Crippen molar-refractivity contribution >= 4 is 27.2 Å². The van der Waals surface area contributed by atoms with Crippen LogP contribution >= 0.6 is 0 Å². The molecular formula is C26H24FN3O5S. The van der Waals surface area contributed by atoms with Crippen molar-refractivity contribution in [3.63, 3.8) is 0 Å². The number of nitrogens with one attached hydrogen (secondary N) is 1. The van der Waals surface area contributed by atoms with E-state index in [2.05, 4.69) is 9.82 Å². The Kier molecular flexibility index (Phi) is 6.13. The molecule has 1 saturated carbocycles. The van der Waals surface area contributed by atoms with E-state index < -0.39 is 21.8 Å². The predicted octanol–water partition coefficient (Wildman–Crippen LogP) is 4.71. The molecule has 0 bridgehead atoms. The van der Waals surface area contributed by atoms with Crippen LogP contribution in [0.3, 0.4) is 0 Å². The van der Waals surface area contributed by atoms with Gasteiger partial charge in [0.1, 0.15) is 22.8 Å². The molecule has 0 atom stereocenters. The van der Waals surface area contributed by atoms with E-state index in [-0.39, 0.29) is 22.9 Å². The number of benzene rings is 2. The van der Waals surface area contributed by atoms with Crippen LogP contribution in [0.5, 0.6) is 5.75 Å².